The van der Waals surface area contributed by atoms with Gasteiger partial charge < -0.3 is 10.5 Å². The van der Waals surface area contributed by atoms with Crippen LogP contribution in [-0.4, -0.2) is 49.3 Å². The fraction of sp³-hybridized carbons (Fsp3) is 0.500. The number of rotatable bonds is 6. The molecule has 0 aliphatic rings. The van der Waals surface area contributed by atoms with Crippen LogP contribution in [0.1, 0.15) is 24.3 Å². The van der Waals surface area contributed by atoms with Crippen LogP contribution in [-0.2, 0) is 19.6 Å². The molecule has 0 saturated heterocycles. The summed E-state index contributed by atoms with van der Waals surface area (Å²) in [5, 5.41) is 0. The molecule has 0 saturated carbocycles. The van der Waals surface area contributed by atoms with Crippen molar-refractivity contribution < 1.29 is 22.7 Å². The summed E-state index contributed by atoms with van der Waals surface area (Å²) >= 11 is 0.779. The number of hydrogen-bond donors (Lipinski definition) is 1. The SMILES string of the molecule is COC(=O)c1ncsc1S(=O)(=O)N(CC(N)=O)C(C)C. The molecule has 1 aromatic heterocycles. The first-order chi connectivity index (χ1) is 9.21. The second-order valence-corrected chi connectivity index (χ2v) is 7.03. The molecule has 0 bridgehead atoms. The summed E-state index contributed by atoms with van der Waals surface area (Å²) in [5.41, 5.74) is 5.98. The Morgan fingerprint density at radius 2 is 2.10 bits per heavy atom. The van der Waals surface area contributed by atoms with E-state index >= 15 is 0 Å². The van der Waals surface area contributed by atoms with Crippen LogP contribution >= 0.6 is 11.3 Å². The molecule has 1 amide bonds. The number of sulfonamides is 1. The van der Waals surface area contributed by atoms with Gasteiger partial charge in [0.15, 0.2) is 9.90 Å². The molecule has 0 fully saturated rings. The number of hydrogen-bond acceptors (Lipinski definition) is 7. The lowest BCUT2D eigenvalue weighted by molar-refractivity contribution is -0.118. The smallest absolute Gasteiger partial charge is 0.358 e. The molecule has 10 heteroatoms. The highest BCUT2D eigenvalue weighted by molar-refractivity contribution is 7.91. The molecule has 0 aromatic carbocycles. The number of aromatic nitrogens is 1. The highest BCUT2D eigenvalue weighted by Crippen LogP contribution is 2.25. The van der Waals surface area contributed by atoms with Crippen LogP contribution in [0.3, 0.4) is 0 Å². The first kappa shape index (κ1) is 16.5. The van der Waals surface area contributed by atoms with E-state index in [0.717, 1.165) is 22.8 Å². The molecule has 1 heterocycles. The maximum Gasteiger partial charge on any atom is 0.358 e. The average Bonchev–Trinajstić information content (AvgIpc) is 2.84. The van der Waals surface area contributed by atoms with Gasteiger partial charge in [0, 0.05) is 6.04 Å². The summed E-state index contributed by atoms with van der Waals surface area (Å²) in [6, 6.07) is -0.500. The molecule has 112 valence electrons. The van der Waals surface area contributed by atoms with Crippen LogP contribution in [0.25, 0.3) is 0 Å². The van der Waals surface area contributed by atoms with E-state index in [9.17, 15) is 18.0 Å². The summed E-state index contributed by atoms with van der Waals surface area (Å²) in [4.78, 5) is 26.2. The Balaban J connectivity index is 3.31. The van der Waals surface area contributed by atoms with Gasteiger partial charge in [0.05, 0.1) is 19.2 Å². The van der Waals surface area contributed by atoms with Crippen molar-refractivity contribution in [3.05, 3.63) is 11.2 Å². The standard InChI is InChI=1S/C10H15N3O5S2/c1-6(2)13(4-7(11)14)20(16,17)10-8(9(15)18-3)12-5-19-10/h5-6H,4H2,1-3H3,(H2,11,14). The van der Waals surface area contributed by atoms with E-state index in [-0.39, 0.29) is 9.90 Å². The van der Waals surface area contributed by atoms with Crippen LogP contribution in [0.5, 0.6) is 0 Å². The lowest BCUT2D eigenvalue weighted by Crippen LogP contribution is -2.42. The van der Waals surface area contributed by atoms with E-state index in [1.54, 1.807) is 13.8 Å². The Hall–Kier alpha value is -1.52. The molecule has 1 rings (SSSR count). The molecular weight excluding hydrogens is 306 g/mol. The summed E-state index contributed by atoms with van der Waals surface area (Å²) in [5.74, 6) is -1.64. The highest BCUT2D eigenvalue weighted by atomic mass is 32.2. The zero-order valence-electron chi connectivity index (χ0n) is 11.2. The number of nitrogens with two attached hydrogens (primary N) is 1. The number of thiazole rings is 1. The highest BCUT2D eigenvalue weighted by Gasteiger charge is 2.34. The Kier molecular flexibility index (Phi) is 5.20. The molecule has 20 heavy (non-hydrogen) atoms. The number of carbonyl (C=O) groups excluding carboxylic acids is 2. The van der Waals surface area contributed by atoms with Gasteiger partial charge in [-0.2, -0.15) is 4.31 Å². The zero-order valence-corrected chi connectivity index (χ0v) is 12.8. The van der Waals surface area contributed by atoms with Crippen molar-refractivity contribution in [1.29, 1.82) is 0 Å². The van der Waals surface area contributed by atoms with Gasteiger partial charge in [0.2, 0.25) is 5.91 Å². The van der Waals surface area contributed by atoms with Crippen molar-refractivity contribution in [3.8, 4) is 0 Å². The van der Waals surface area contributed by atoms with Gasteiger partial charge in [-0.25, -0.2) is 18.2 Å². The van der Waals surface area contributed by atoms with Crippen molar-refractivity contribution in [2.24, 2.45) is 5.73 Å². The first-order valence-electron chi connectivity index (χ1n) is 5.53. The van der Waals surface area contributed by atoms with Crippen LogP contribution in [0.4, 0.5) is 0 Å². The van der Waals surface area contributed by atoms with Gasteiger partial charge in [0.1, 0.15) is 0 Å². The van der Waals surface area contributed by atoms with Gasteiger partial charge >= 0.3 is 5.97 Å². The summed E-state index contributed by atoms with van der Waals surface area (Å²) < 4.78 is 30.1. The molecule has 2 N–H and O–H groups in total. The van der Waals surface area contributed by atoms with Crippen molar-refractivity contribution in [1.82, 2.24) is 9.29 Å². The first-order valence-corrected chi connectivity index (χ1v) is 7.85. The Morgan fingerprint density at radius 1 is 1.50 bits per heavy atom. The minimum Gasteiger partial charge on any atom is -0.464 e. The molecule has 0 spiro atoms. The lowest BCUT2D eigenvalue weighted by Gasteiger charge is -2.23. The van der Waals surface area contributed by atoms with Gasteiger partial charge in [-0.15, -0.1) is 11.3 Å². The van der Waals surface area contributed by atoms with Gasteiger partial charge in [0.25, 0.3) is 10.0 Å². The quantitative estimate of drug-likeness (QED) is 0.725. The Labute approximate surface area is 120 Å². The van der Waals surface area contributed by atoms with E-state index in [4.69, 9.17) is 5.73 Å². The van der Waals surface area contributed by atoms with E-state index < -0.39 is 34.5 Å². The van der Waals surface area contributed by atoms with Gasteiger partial charge in [-0.1, -0.05) is 0 Å². The third kappa shape index (κ3) is 3.32. The molecule has 0 unspecified atom stereocenters. The minimum atomic E-state index is -4.05. The fourth-order valence-electron chi connectivity index (χ4n) is 1.46. The van der Waals surface area contributed by atoms with Gasteiger partial charge in [-0.05, 0) is 13.8 Å². The van der Waals surface area contributed by atoms with Crippen LogP contribution in [0, 0.1) is 0 Å². The molecule has 0 aliphatic carbocycles. The Bertz CT molecular complexity index is 608. The summed E-state index contributed by atoms with van der Waals surface area (Å²) in [7, 11) is -2.92. The van der Waals surface area contributed by atoms with Crippen molar-refractivity contribution in [3.63, 3.8) is 0 Å². The van der Waals surface area contributed by atoms with Gasteiger partial charge in [-0.3, -0.25) is 4.79 Å². The maximum atomic E-state index is 12.5. The monoisotopic (exact) mass is 321 g/mol. The largest absolute Gasteiger partial charge is 0.464 e. The summed E-state index contributed by atoms with van der Waals surface area (Å²) in [6.07, 6.45) is 0. The minimum absolute atomic E-state index is 0.265. The number of carbonyl (C=O) groups is 2. The predicted octanol–water partition coefficient (Wildman–Crippen LogP) is -0.186. The third-order valence-electron chi connectivity index (χ3n) is 2.34. The number of primary amides is 1. The van der Waals surface area contributed by atoms with Crippen molar-refractivity contribution >= 4 is 33.2 Å². The number of esters is 1. The predicted molar refractivity (Wildman–Crippen MR) is 71.7 cm³/mol. The number of amides is 1. The van der Waals surface area contributed by atoms with Crippen molar-refractivity contribution in [2.45, 2.75) is 24.1 Å². The molecule has 0 radical (unpaired) electrons. The average molecular weight is 321 g/mol. The van der Waals surface area contributed by atoms with E-state index in [2.05, 4.69) is 9.72 Å². The molecule has 0 aliphatic heterocycles. The molecular formula is C10H15N3O5S2. The van der Waals surface area contributed by atoms with E-state index in [1.807, 2.05) is 0 Å². The maximum absolute atomic E-state index is 12.5. The molecule has 1 aromatic rings. The normalized spacial score (nSPS) is 11.8. The molecule has 8 nitrogen and oxygen atoms in total. The fourth-order valence-corrected chi connectivity index (χ4v) is 4.31. The topological polar surface area (TPSA) is 120 Å². The summed E-state index contributed by atoms with van der Waals surface area (Å²) in [6.45, 7) is 2.72. The second kappa shape index (κ2) is 6.29. The van der Waals surface area contributed by atoms with Crippen molar-refractivity contribution in [2.75, 3.05) is 13.7 Å². The van der Waals surface area contributed by atoms with E-state index in [1.165, 1.54) is 5.51 Å². The zero-order chi connectivity index (χ0) is 15.5. The number of ether oxygens (including phenoxy) is 1. The molecule has 0 atom stereocenters. The van der Waals surface area contributed by atoms with Crippen LogP contribution in [0.15, 0.2) is 9.72 Å². The second-order valence-electron chi connectivity index (χ2n) is 4.09. The number of methoxy groups -OCH3 is 1. The van der Waals surface area contributed by atoms with Crippen LogP contribution < -0.4 is 5.73 Å². The lowest BCUT2D eigenvalue weighted by atomic mass is 10.4. The van der Waals surface area contributed by atoms with Crippen LogP contribution in [0.2, 0.25) is 0 Å². The Morgan fingerprint density at radius 3 is 2.55 bits per heavy atom. The van der Waals surface area contributed by atoms with E-state index in [0.29, 0.717) is 0 Å². The third-order valence-corrected chi connectivity index (χ3v) is 5.71. The number of nitrogens with zero attached hydrogens (tertiary/aromatic N) is 2.